The molecule has 0 aliphatic rings. The van der Waals surface area contributed by atoms with E-state index in [1.807, 2.05) is 13.8 Å². The number of amides is 3. The number of nitrogens with one attached hydrogen (secondary N) is 4. The van der Waals surface area contributed by atoms with Crippen molar-refractivity contribution in [2.24, 2.45) is 0 Å². The van der Waals surface area contributed by atoms with Crippen LogP contribution in [-0.2, 0) is 22.3 Å². The van der Waals surface area contributed by atoms with Crippen LogP contribution in [0.4, 0.5) is 10.5 Å². The van der Waals surface area contributed by atoms with E-state index in [2.05, 4.69) is 20.7 Å². The maximum Gasteiger partial charge on any atom is 0.319 e. The van der Waals surface area contributed by atoms with Gasteiger partial charge < -0.3 is 16.0 Å². The summed E-state index contributed by atoms with van der Waals surface area (Å²) in [6.07, 6.45) is 0. The Hall–Kier alpha value is -2.91. The number of benzene rings is 2. The van der Waals surface area contributed by atoms with Gasteiger partial charge in [-0.2, -0.15) is 0 Å². The van der Waals surface area contributed by atoms with Crippen LogP contribution in [0.5, 0.6) is 0 Å². The fraction of sp³-hybridized carbons (Fsp3) is 0.364. The molecule has 0 saturated carbocycles. The first-order valence-corrected chi connectivity index (χ1v) is 11.7. The van der Waals surface area contributed by atoms with Crippen LogP contribution in [0, 0.1) is 0 Å². The van der Waals surface area contributed by atoms with Gasteiger partial charge in [0.1, 0.15) is 0 Å². The third-order valence-corrected chi connectivity index (χ3v) is 5.62. The molecule has 0 aliphatic carbocycles. The van der Waals surface area contributed by atoms with Crippen LogP contribution in [0.15, 0.2) is 48.5 Å². The largest absolute Gasteiger partial charge is 0.348 e. The van der Waals surface area contributed by atoms with Gasteiger partial charge in [-0.1, -0.05) is 24.3 Å². The van der Waals surface area contributed by atoms with E-state index in [1.165, 1.54) is 0 Å². The van der Waals surface area contributed by atoms with Crippen molar-refractivity contribution in [3.63, 3.8) is 0 Å². The summed E-state index contributed by atoms with van der Waals surface area (Å²) in [5.41, 5.74) is 2.59. The average Bonchev–Trinajstić information content (AvgIpc) is 2.65. The number of hydrogen-bond acceptors (Lipinski definition) is 4. The zero-order valence-electron chi connectivity index (χ0n) is 18.2. The number of rotatable bonds is 9. The highest BCUT2D eigenvalue weighted by Crippen LogP contribution is 2.11. The van der Waals surface area contributed by atoms with Gasteiger partial charge in [0.15, 0.2) is 0 Å². The normalized spacial score (nSPS) is 11.4. The summed E-state index contributed by atoms with van der Waals surface area (Å²) in [6, 6.07) is 13.2. The molecule has 3 amide bonds. The van der Waals surface area contributed by atoms with Crippen LogP contribution < -0.4 is 20.7 Å². The number of hydrogen-bond donors (Lipinski definition) is 4. The Labute approximate surface area is 183 Å². The molecule has 0 saturated heterocycles. The van der Waals surface area contributed by atoms with Gasteiger partial charge in [0, 0.05) is 29.9 Å². The molecule has 0 fully saturated rings. The highest BCUT2D eigenvalue weighted by Gasteiger charge is 2.13. The van der Waals surface area contributed by atoms with E-state index >= 15 is 0 Å². The molecule has 2 rings (SSSR count). The van der Waals surface area contributed by atoms with Gasteiger partial charge in [-0.25, -0.2) is 17.9 Å². The number of anilines is 1. The lowest BCUT2D eigenvalue weighted by Crippen LogP contribution is -2.34. The Bertz CT molecular complexity index is 985. The maximum absolute atomic E-state index is 12.4. The minimum absolute atomic E-state index is 0.0280. The molecule has 4 N–H and O–H groups in total. The predicted molar refractivity (Wildman–Crippen MR) is 122 cm³/mol. The van der Waals surface area contributed by atoms with E-state index in [4.69, 9.17) is 0 Å². The first kappa shape index (κ1) is 24.4. The number of sulfonamides is 1. The SMILES string of the molecule is CC(C)NC(=O)Nc1ccc(C(=O)NCc2ccc(CS(=O)(=O)NC(C)C)cc2)cc1. The van der Waals surface area contributed by atoms with Crippen molar-refractivity contribution in [1.29, 1.82) is 0 Å². The van der Waals surface area contributed by atoms with Gasteiger partial charge in [0.2, 0.25) is 10.0 Å². The van der Waals surface area contributed by atoms with Gasteiger partial charge in [-0.15, -0.1) is 0 Å². The van der Waals surface area contributed by atoms with E-state index < -0.39 is 10.0 Å². The summed E-state index contributed by atoms with van der Waals surface area (Å²) in [7, 11) is -3.38. The number of carbonyl (C=O) groups excluding carboxylic acids is 2. The zero-order chi connectivity index (χ0) is 23.0. The molecule has 8 nitrogen and oxygen atoms in total. The molecule has 31 heavy (non-hydrogen) atoms. The smallest absolute Gasteiger partial charge is 0.319 e. The fourth-order valence-electron chi connectivity index (χ4n) is 2.79. The minimum atomic E-state index is -3.38. The van der Waals surface area contributed by atoms with E-state index in [9.17, 15) is 18.0 Å². The topological polar surface area (TPSA) is 116 Å². The third-order valence-electron chi connectivity index (χ3n) is 4.07. The summed E-state index contributed by atoms with van der Waals surface area (Å²) in [4.78, 5) is 24.1. The monoisotopic (exact) mass is 446 g/mol. The minimum Gasteiger partial charge on any atom is -0.348 e. The lowest BCUT2D eigenvalue weighted by atomic mass is 10.1. The Morgan fingerprint density at radius 1 is 0.839 bits per heavy atom. The van der Waals surface area contributed by atoms with Crippen molar-refractivity contribution < 1.29 is 18.0 Å². The Kier molecular flexibility index (Phi) is 8.58. The molecule has 9 heteroatoms. The second kappa shape index (κ2) is 10.9. The van der Waals surface area contributed by atoms with Crippen LogP contribution in [0.3, 0.4) is 0 Å². The molecule has 0 aromatic heterocycles. The average molecular weight is 447 g/mol. The second-order valence-electron chi connectivity index (χ2n) is 7.86. The molecular weight excluding hydrogens is 416 g/mol. The molecule has 0 aliphatic heterocycles. The molecule has 0 unspecified atom stereocenters. The number of carbonyl (C=O) groups is 2. The molecule has 0 radical (unpaired) electrons. The fourth-order valence-corrected chi connectivity index (χ4v) is 4.23. The van der Waals surface area contributed by atoms with Crippen molar-refractivity contribution in [2.75, 3.05) is 5.32 Å². The zero-order valence-corrected chi connectivity index (χ0v) is 19.0. The maximum atomic E-state index is 12.4. The number of urea groups is 1. The van der Waals surface area contributed by atoms with Crippen LogP contribution in [-0.4, -0.2) is 32.4 Å². The van der Waals surface area contributed by atoms with Crippen molar-refractivity contribution in [3.05, 3.63) is 65.2 Å². The third kappa shape index (κ3) is 8.77. The van der Waals surface area contributed by atoms with Gasteiger partial charge in [0.05, 0.1) is 5.75 Å². The van der Waals surface area contributed by atoms with Crippen molar-refractivity contribution in [2.45, 2.75) is 52.1 Å². The summed E-state index contributed by atoms with van der Waals surface area (Å²) < 4.78 is 26.6. The molecule has 0 atom stereocenters. The van der Waals surface area contributed by atoms with Crippen LogP contribution in [0.2, 0.25) is 0 Å². The van der Waals surface area contributed by atoms with Gasteiger partial charge >= 0.3 is 6.03 Å². The Morgan fingerprint density at radius 3 is 1.97 bits per heavy atom. The van der Waals surface area contributed by atoms with E-state index in [0.29, 0.717) is 23.4 Å². The lowest BCUT2D eigenvalue weighted by Gasteiger charge is -2.11. The van der Waals surface area contributed by atoms with Gasteiger partial charge in [-0.3, -0.25) is 4.79 Å². The Balaban J connectivity index is 1.87. The van der Waals surface area contributed by atoms with Gasteiger partial charge in [0.25, 0.3) is 5.91 Å². The lowest BCUT2D eigenvalue weighted by molar-refractivity contribution is 0.0951. The van der Waals surface area contributed by atoms with Crippen molar-refractivity contribution >= 4 is 27.6 Å². The van der Waals surface area contributed by atoms with Crippen LogP contribution >= 0.6 is 0 Å². The van der Waals surface area contributed by atoms with Crippen molar-refractivity contribution in [3.8, 4) is 0 Å². The highest BCUT2D eigenvalue weighted by molar-refractivity contribution is 7.88. The summed E-state index contributed by atoms with van der Waals surface area (Å²) in [5.74, 6) is -0.334. The van der Waals surface area contributed by atoms with E-state index in [-0.39, 0.29) is 29.8 Å². The Morgan fingerprint density at radius 2 is 1.42 bits per heavy atom. The molecule has 168 valence electrons. The summed E-state index contributed by atoms with van der Waals surface area (Å²) in [5, 5.41) is 8.25. The van der Waals surface area contributed by atoms with E-state index in [0.717, 1.165) is 5.56 Å². The standard InChI is InChI=1S/C22H30N4O4S/c1-15(2)24-22(28)25-20-11-9-19(10-12-20)21(27)23-13-17-5-7-18(8-6-17)14-31(29,30)26-16(3)4/h5-12,15-16,26H,13-14H2,1-4H3,(H,23,27)(H2,24,25,28). The first-order valence-electron chi connectivity index (χ1n) is 10.1. The molecular formula is C22H30N4O4S. The molecule has 0 bridgehead atoms. The molecule has 2 aromatic carbocycles. The summed E-state index contributed by atoms with van der Waals surface area (Å²) in [6.45, 7) is 7.60. The first-order chi connectivity index (χ1) is 14.5. The van der Waals surface area contributed by atoms with Crippen molar-refractivity contribution in [1.82, 2.24) is 15.4 Å². The molecule has 0 heterocycles. The van der Waals surface area contributed by atoms with Crippen LogP contribution in [0.25, 0.3) is 0 Å². The summed E-state index contributed by atoms with van der Waals surface area (Å²) >= 11 is 0. The molecule has 0 spiro atoms. The quantitative estimate of drug-likeness (QED) is 0.474. The second-order valence-corrected chi connectivity index (χ2v) is 9.62. The van der Waals surface area contributed by atoms with Crippen LogP contribution in [0.1, 0.15) is 49.2 Å². The predicted octanol–water partition coefficient (Wildman–Crippen LogP) is 2.97. The molecule has 2 aromatic rings. The highest BCUT2D eigenvalue weighted by atomic mass is 32.2. The van der Waals surface area contributed by atoms with Gasteiger partial charge in [-0.05, 0) is 63.1 Å². The van der Waals surface area contributed by atoms with E-state index in [1.54, 1.807) is 62.4 Å².